The SMILES string of the molecule is CCCCC(CC)COC(=O)/C(C#N)=C\c1ccc2c(c1)OCO2. The normalized spacial score (nSPS) is 14.1. The molecule has 0 radical (unpaired) electrons. The van der Waals surface area contributed by atoms with Gasteiger partial charge in [-0.05, 0) is 36.1 Å². The van der Waals surface area contributed by atoms with Crippen LogP contribution in [0.5, 0.6) is 11.5 Å². The number of hydrogen-bond donors (Lipinski definition) is 0. The van der Waals surface area contributed by atoms with E-state index in [1.807, 2.05) is 6.07 Å². The molecule has 1 atom stereocenters. The first-order valence-electron chi connectivity index (χ1n) is 8.36. The summed E-state index contributed by atoms with van der Waals surface area (Å²) in [5, 5.41) is 9.24. The van der Waals surface area contributed by atoms with Crippen molar-refractivity contribution in [3.63, 3.8) is 0 Å². The zero-order valence-corrected chi connectivity index (χ0v) is 14.2. The first-order chi connectivity index (χ1) is 11.7. The van der Waals surface area contributed by atoms with E-state index in [9.17, 15) is 10.1 Å². The predicted molar refractivity (Wildman–Crippen MR) is 90.4 cm³/mol. The lowest BCUT2D eigenvalue weighted by Crippen LogP contribution is -2.15. The van der Waals surface area contributed by atoms with Gasteiger partial charge in [-0.25, -0.2) is 4.79 Å². The number of carbonyl (C=O) groups is 1. The molecular weight excluding hydrogens is 306 g/mol. The van der Waals surface area contributed by atoms with Crippen LogP contribution in [0.2, 0.25) is 0 Å². The van der Waals surface area contributed by atoms with Crippen LogP contribution in [-0.4, -0.2) is 19.4 Å². The molecular formula is C19H23NO4. The molecule has 0 saturated carbocycles. The second kappa shape index (κ2) is 8.97. The minimum absolute atomic E-state index is 0.0146. The van der Waals surface area contributed by atoms with Crippen LogP contribution in [0.25, 0.3) is 6.08 Å². The van der Waals surface area contributed by atoms with Crippen LogP contribution in [0.15, 0.2) is 23.8 Å². The van der Waals surface area contributed by atoms with Crippen molar-refractivity contribution in [1.82, 2.24) is 0 Å². The summed E-state index contributed by atoms with van der Waals surface area (Å²) >= 11 is 0. The first-order valence-corrected chi connectivity index (χ1v) is 8.36. The molecule has 2 rings (SSSR count). The average molecular weight is 329 g/mol. The third-order valence-corrected chi connectivity index (χ3v) is 4.04. The molecule has 1 aromatic rings. The van der Waals surface area contributed by atoms with E-state index in [4.69, 9.17) is 14.2 Å². The molecule has 1 aliphatic rings. The van der Waals surface area contributed by atoms with Gasteiger partial charge in [-0.3, -0.25) is 0 Å². The summed E-state index contributed by atoms with van der Waals surface area (Å²) in [4.78, 5) is 12.1. The molecule has 0 saturated heterocycles. The topological polar surface area (TPSA) is 68.6 Å². The van der Waals surface area contributed by atoms with Gasteiger partial charge in [-0.1, -0.05) is 39.2 Å². The Kier molecular flexibility index (Phi) is 6.68. The van der Waals surface area contributed by atoms with Crippen molar-refractivity contribution >= 4 is 12.0 Å². The Morgan fingerprint density at radius 1 is 1.38 bits per heavy atom. The highest BCUT2D eigenvalue weighted by molar-refractivity contribution is 5.98. The average Bonchev–Trinajstić information content (AvgIpc) is 3.07. The fraction of sp³-hybridized carbons (Fsp3) is 0.474. The molecule has 1 aliphatic heterocycles. The molecule has 0 aromatic heterocycles. The van der Waals surface area contributed by atoms with Crippen LogP contribution in [0.4, 0.5) is 0 Å². The maximum Gasteiger partial charge on any atom is 0.348 e. The zero-order chi connectivity index (χ0) is 17.4. The van der Waals surface area contributed by atoms with Crippen LogP contribution in [-0.2, 0) is 9.53 Å². The first kappa shape index (κ1) is 17.9. The van der Waals surface area contributed by atoms with E-state index in [0.717, 1.165) is 25.7 Å². The van der Waals surface area contributed by atoms with Crippen molar-refractivity contribution in [3.05, 3.63) is 29.3 Å². The highest BCUT2D eigenvalue weighted by Crippen LogP contribution is 2.33. The highest BCUT2D eigenvalue weighted by atomic mass is 16.7. The number of unbranched alkanes of at least 4 members (excludes halogenated alkanes) is 1. The second-order valence-corrected chi connectivity index (χ2v) is 5.80. The molecule has 5 nitrogen and oxygen atoms in total. The van der Waals surface area contributed by atoms with Crippen molar-refractivity contribution < 1.29 is 19.0 Å². The molecule has 0 spiro atoms. The van der Waals surface area contributed by atoms with Crippen molar-refractivity contribution in [3.8, 4) is 17.6 Å². The summed E-state index contributed by atoms with van der Waals surface area (Å²) < 4.78 is 15.9. The van der Waals surface area contributed by atoms with E-state index in [2.05, 4.69) is 13.8 Å². The molecule has 5 heteroatoms. The van der Waals surface area contributed by atoms with Crippen LogP contribution in [0.1, 0.15) is 45.1 Å². The van der Waals surface area contributed by atoms with Gasteiger partial charge in [0.15, 0.2) is 11.5 Å². The fourth-order valence-corrected chi connectivity index (χ4v) is 2.48. The zero-order valence-electron chi connectivity index (χ0n) is 14.2. The Labute approximate surface area is 142 Å². The summed E-state index contributed by atoms with van der Waals surface area (Å²) in [6.07, 6.45) is 5.75. The van der Waals surface area contributed by atoms with Gasteiger partial charge < -0.3 is 14.2 Å². The smallest absolute Gasteiger partial charge is 0.348 e. The fourth-order valence-electron chi connectivity index (χ4n) is 2.48. The number of esters is 1. The lowest BCUT2D eigenvalue weighted by molar-refractivity contribution is -0.139. The Hall–Kier alpha value is -2.48. The second-order valence-electron chi connectivity index (χ2n) is 5.80. The Bertz CT molecular complexity index is 645. The van der Waals surface area contributed by atoms with E-state index < -0.39 is 5.97 Å². The Morgan fingerprint density at radius 2 is 2.17 bits per heavy atom. The third kappa shape index (κ3) is 4.76. The van der Waals surface area contributed by atoms with E-state index in [-0.39, 0.29) is 12.4 Å². The Balaban J connectivity index is 1.99. The number of fused-ring (bicyclic) bond motifs is 1. The minimum Gasteiger partial charge on any atom is -0.461 e. The highest BCUT2D eigenvalue weighted by Gasteiger charge is 2.16. The molecule has 0 N–H and O–H groups in total. The van der Waals surface area contributed by atoms with Gasteiger partial charge in [-0.2, -0.15) is 5.26 Å². The molecule has 0 fully saturated rings. The van der Waals surface area contributed by atoms with Crippen LogP contribution in [0, 0.1) is 17.2 Å². The van der Waals surface area contributed by atoms with Gasteiger partial charge in [0.05, 0.1) is 6.61 Å². The lowest BCUT2D eigenvalue weighted by atomic mass is 10.0. The molecule has 0 bridgehead atoms. The summed E-state index contributed by atoms with van der Waals surface area (Å²) in [6.45, 7) is 4.77. The predicted octanol–water partition coefficient (Wildman–Crippen LogP) is 4.08. The quantitative estimate of drug-likeness (QED) is 0.408. The summed E-state index contributed by atoms with van der Waals surface area (Å²) in [6, 6.07) is 7.18. The summed E-state index contributed by atoms with van der Waals surface area (Å²) in [5.74, 6) is 1.04. The van der Waals surface area contributed by atoms with Gasteiger partial charge in [0.25, 0.3) is 0 Å². The van der Waals surface area contributed by atoms with Crippen LogP contribution < -0.4 is 9.47 Å². The largest absolute Gasteiger partial charge is 0.461 e. The van der Waals surface area contributed by atoms with Gasteiger partial charge >= 0.3 is 5.97 Å². The van der Waals surface area contributed by atoms with E-state index in [1.54, 1.807) is 18.2 Å². The maximum absolute atomic E-state index is 12.1. The van der Waals surface area contributed by atoms with Crippen LogP contribution >= 0.6 is 0 Å². The van der Waals surface area contributed by atoms with Gasteiger partial charge in [0, 0.05) is 0 Å². The van der Waals surface area contributed by atoms with Crippen molar-refractivity contribution in [2.45, 2.75) is 39.5 Å². The summed E-state index contributed by atoms with van der Waals surface area (Å²) in [7, 11) is 0. The number of nitrogens with zero attached hydrogens (tertiary/aromatic N) is 1. The van der Waals surface area contributed by atoms with Crippen molar-refractivity contribution in [2.24, 2.45) is 5.92 Å². The van der Waals surface area contributed by atoms with Crippen LogP contribution in [0.3, 0.4) is 0 Å². The standard InChI is InChI=1S/C19H23NO4/c1-3-5-6-14(4-2)12-22-19(21)16(11-20)9-15-7-8-17-18(10-15)24-13-23-17/h7-10,14H,3-6,12-13H2,1-2H3/b16-9-. The van der Waals surface area contributed by atoms with E-state index in [1.165, 1.54) is 6.08 Å². The number of nitriles is 1. The molecule has 128 valence electrons. The number of benzene rings is 1. The van der Waals surface area contributed by atoms with Crippen molar-refractivity contribution in [2.75, 3.05) is 13.4 Å². The number of rotatable bonds is 8. The Morgan fingerprint density at radius 3 is 2.88 bits per heavy atom. The van der Waals surface area contributed by atoms with Gasteiger partial charge in [-0.15, -0.1) is 0 Å². The molecule has 1 heterocycles. The molecule has 0 amide bonds. The third-order valence-electron chi connectivity index (χ3n) is 4.04. The molecule has 0 aliphatic carbocycles. The number of ether oxygens (including phenoxy) is 3. The van der Waals surface area contributed by atoms with Gasteiger partial charge in [0.1, 0.15) is 11.6 Å². The van der Waals surface area contributed by atoms with E-state index >= 15 is 0 Å². The van der Waals surface area contributed by atoms with E-state index in [0.29, 0.717) is 29.6 Å². The molecule has 1 unspecified atom stereocenters. The maximum atomic E-state index is 12.1. The molecule has 24 heavy (non-hydrogen) atoms. The lowest BCUT2D eigenvalue weighted by Gasteiger charge is -2.14. The summed E-state index contributed by atoms with van der Waals surface area (Å²) in [5.41, 5.74) is 0.685. The molecule has 1 aromatic carbocycles. The number of carbonyl (C=O) groups excluding carboxylic acids is 1. The van der Waals surface area contributed by atoms with Crippen molar-refractivity contribution in [1.29, 1.82) is 5.26 Å². The van der Waals surface area contributed by atoms with Gasteiger partial charge in [0.2, 0.25) is 6.79 Å². The minimum atomic E-state index is -0.579. The number of hydrogen-bond acceptors (Lipinski definition) is 5. The monoisotopic (exact) mass is 329 g/mol.